The monoisotopic (exact) mass is 329 g/mol. The number of para-hydroxylation sites is 1. The maximum atomic E-state index is 12.8. The van der Waals surface area contributed by atoms with Gasteiger partial charge in [0.05, 0.1) is 10.6 Å². The average Bonchev–Trinajstić information content (AvgIpc) is 3.02. The number of rotatable bonds is 5. The highest BCUT2D eigenvalue weighted by atomic mass is 32.2. The molecule has 0 radical (unpaired) electrons. The minimum atomic E-state index is -3.55. The molecule has 0 spiro atoms. The lowest BCUT2D eigenvalue weighted by molar-refractivity contribution is 0.601. The molecule has 3 nitrogen and oxygen atoms in total. The summed E-state index contributed by atoms with van der Waals surface area (Å²) in [7, 11) is -3.55. The van der Waals surface area contributed by atoms with Crippen molar-refractivity contribution in [2.75, 3.05) is 4.72 Å². The molecule has 3 rings (SSSR count). The van der Waals surface area contributed by atoms with E-state index in [-0.39, 0.29) is 0 Å². The van der Waals surface area contributed by atoms with Gasteiger partial charge >= 0.3 is 0 Å². The Morgan fingerprint density at radius 1 is 1.09 bits per heavy atom. The van der Waals surface area contributed by atoms with Crippen molar-refractivity contribution in [1.82, 2.24) is 0 Å². The summed E-state index contributed by atoms with van der Waals surface area (Å²) < 4.78 is 28.3. The third-order valence-electron chi connectivity index (χ3n) is 4.73. The summed E-state index contributed by atoms with van der Waals surface area (Å²) in [6.07, 6.45) is 4.11. The molecule has 4 heteroatoms. The molecule has 1 atom stereocenters. The molecule has 1 aliphatic rings. The van der Waals surface area contributed by atoms with Gasteiger partial charge in [-0.1, -0.05) is 38.1 Å². The summed E-state index contributed by atoms with van der Waals surface area (Å²) in [5.74, 6) is 0.314. The van der Waals surface area contributed by atoms with Crippen LogP contribution in [0.4, 0.5) is 5.69 Å². The van der Waals surface area contributed by atoms with Crippen molar-refractivity contribution in [1.29, 1.82) is 0 Å². The summed E-state index contributed by atoms with van der Waals surface area (Å²) >= 11 is 0. The van der Waals surface area contributed by atoms with Crippen LogP contribution >= 0.6 is 0 Å². The van der Waals surface area contributed by atoms with Crippen LogP contribution in [0.2, 0.25) is 0 Å². The van der Waals surface area contributed by atoms with E-state index in [0.717, 1.165) is 31.2 Å². The van der Waals surface area contributed by atoms with E-state index in [1.54, 1.807) is 6.07 Å². The first kappa shape index (κ1) is 16.1. The molecule has 0 unspecified atom stereocenters. The van der Waals surface area contributed by atoms with Gasteiger partial charge in [0.2, 0.25) is 0 Å². The van der Waals surface area contributed by atoms with Crippen molar-refractivity contribution in [2.24, 2.45) is 0 Å². The number of aryl methyl sites for hydroxylation is 2. The van der Waals surface area contributed by atoms with Crippen LogP contribution in [0, 0.1) is 0 Å². The third-order valence-corrected chi connectivity index (χ3v) is 6.09. The second kappa shape index (κ2) is 6.36. The summed E-state index contributed by atoms with van der Waals surface area (Å²) in [6, 6.07) is 13.2. The SMILES string of the molecule is CC[C@H](C)c1ccccc1NS(=O)(=O)c1ccc2c(c1)CCC2. The van der Waals surface area contributed by atoms with Crippen LogP contribution in [0.5, 0.6) is 0 Å². The molecular formula is C19H23NO2S. The highest BCUT2D eigenvalue weighted by Crippen LogP contribution is 2.30. The maximum absolute atomic E-state index is 12.8. The van der Waals surface area contributed by atoms with Crippen molar-refractivity contribution in [3.8, 4) is 0 Å². The predicted molar refractivity (Wildman–Crippen MR) is 94.4 cm³/mol. The lowest BCUT2D eigenvalue weighted by atomic mass is 9.97. The highest BCUT2D eigenvalue weighted by molar-refractivity contribution is 7.92. The minimum absolute atomic E-state index is 0.314. The van der Waals surface area contributed by atoms with Crippen LogP contribution in [0.25, 0.3) is 0 Å². The maximum Gasteiger partial charge on any atom is 0.261 e. The lowest BCUT2D eigenvalue weighted by Crippen LogP contribution is -2.15. The van der Waals surface area contributed by atoms with Crippen LogP contribution in [-0.4, -0.2) is 8.42 Å². The Labute approximate surface area is 138 Å². The zero-order valence-electron chi connectivity index (χ0n) is 13.7. The Kier molecular flexibility index (Phi) is 4.44. The molecular weight excluding hydrogens is 306 g/mol. The van der Waals surface area contributed by atoms with Gasteiger partial charge in [-0.3, -0.25) is 4.72 Å². The third kappa shape index (κ3) is 3.27. The molecule has 1 aliphatic carbocycles. The number of hydrogen-bond donors (Lipinski definition) is 1. The van der Waals surface area contributed by atoms with Crippen molar-refractivity contribution in [3.05, 3.63) is 59.2 Å². The topological polar surface area (TPSA) is 46.2 Å². The number of fused-ring (bicyclic) bond motifs is 1. The molecule has 2 aromatic carbocycles. The van der Waals surface area contributed by atoms with Crippen LogP contribution in [0.15, 0.2) is 47.4 Å². The molecule has 2 aromatic rings. The number of nitrogens with one attached hydrogen (secondary N) is 1. The smallest absolute Gasteiger partial charge is 0.261 e. The Morgan fingerprint density at radius 3 is 2.61 bits per heavy atom. The van der Waals surface area contributed by atoms with Crippen LogP contribution in [0.1, 0.15) is 49.3 Å². The summed E-state index contributed by atoms with van der Waals surface area (Å²) in [4.78, 5) is 0.358. The zero-order chi connectivity index (χ0) is 16.4. The first-order valence-electron chi connectivity index (χ1n) is 8.25. The molecule has 0 amide bonds. The molecule has 0 bridgehead atoms. The van der Waals surface area contributed by atoms with E-state index in [1.165, 1.54) is 11.1 Å². The van der Waals surface area contributed by atoms with Gasteiger partial charge in [-0.25, -0.2) is 8.42 Å². The molecule has 0 saturated heterocycles. The van der Waals surface area contributed by atoms with E-state index in [2.05, 4.69) is 18.6 Å². The highest BCUT2D eigenvalue weighted by Gasteiger charge is 2.20. The Morgan fingerprint density at radius 2 is 1.83 bits per heavy atom. The normalized spacial score (nSPS) is 15.2. The fraction of sp³-hybridized carbons (Fsp3) is 0.368. The molecule has 1 N–H and O–H groups in total. The Bertz CT molecular complexity index is 812. The second-order valence-corrected chi connectivity index (χ2v) is 7.97. The van der Waals surface area contributed by atoms with Crippen LogP contribution in [0.3, 0.4) is 0 Å². The summed E-state index contributed by atoms with van der Waals surface area (Å²) in [6.45, 7) is 4.22. The Hall–Kier alpha value is -1.81. The predicted octanol–water partition coefficient (Wildman–Crippen LogP) is 4.49. The lowest BCUT2D eigenvalue weighted by Gasteiger charge is -2.17. The van der Waals surface area contributed by atoms with Gasteiger partial charge in [-0.15, -0.1) is 0 Å². The number of hydrogen-bond acceptors (Lipinski definition) is 2. The van der Waals surface area contributed by atoms with Crippen molar-refractivity contribution in [3.63, 3.8) is 0 Å². The largest absolute Gasteiger partial charge is 0.279 e. The van der Waals surface area contributed by atoms with E-state index in [9.17, 15) is 8.42 Å². The van der Waals surface area contributed by atoms with E-state index in [4.69, 9.17) is 0 Å². The quantitative estimate of drug-likeness (QED) is 0.878. The number of benzene rings is 2. The van der Waals surface area contributed by atoms with Gasteiger partial charge in [0, 0.05) is 0 Å². The van der Waals surface area contributed by atoms with Crippen LogP contribution < -0.4 is 4.72 Å². The standard InChI is InChI=1S/C19H23NO2S/c1-3-14(2)18-9-4-5-10-19(18)20-23(21,22)17-12-11-15-7-6-8-16(15)13-17/h4-5,9-14,20H,3,6-8H2,1-2H3/t14-/m0/s1. The summed E-state index contributed by atoms with van der Waals surface area (Å²) in [5, 5.41) is 0. The molecule has 0 heterocycles. The fourth-order valence-corrected chi connectivity index (χ4v) is 4.30. The minimum Gasteiger partial charge on any atom is -0.279 e. The van der Waals surface area contributed by atoms with Crippen LogP contribution in [-0.2, 0) is 22.9 Å². The molecule has 0 saturated carbocycles. The van der Waals surface area contributed by atoms with Crippen molar-refractivity contribution >= 4 is 15.7 Å². The van der Waals surface area contributed by atoms with E-state index < -0.39 is 10.0 Å². The first-order chi connectivity index (χ1) is 11.0. The van der Waals surface area contributed by atoms with Crippen molar-refractivity contribution in [2.45, 2.75) is 50.3 Å². The van der Waals surface area contributed by atoms with Crippen molar-refractivity contribution < 1.29 is 8.42 Å². The van der Waals surface area contributed by atoms with E-state index in [0.29, 0.717) is 16.5 Å². The molecule has 0 aromatic heterocycles. The average molecular weight is 329 g/mol. The van der Waals surface area contributed by atoms with E-state index in [1.807, 2.05) is 36.4 Å². The van der Waals surface area contributed by atoms with Gasteiger partial charge in [-0.2, -0.15) is 0 Å². The van der Waals surface area contributed by atoms with Gasteiger partial charge in [0.25, 0.3) is 10.0 Å². The molecule has 122 valence electrons. The first-order valence-corrected chi connectivity index (χ1v) is 9.73. The fourth-order valence-electron chi connectivity index (χ4n) is 3.16. The molecule has 0 aliphatic heterocycles. The van der Waals surface area contributed by atoms with E-state index >= 15 is 0 Å². The Balaban J connectivity index is 1.93. The number of anilines is 1. The zero-order valence-corrected chi connectivity index (χ0v) is 14.5. The second-order valence-electron chi connectivity index (χ2n) is 6.29. The molecule has 0 fully saturated rings. The van der Waals surface area contributed by atoms with Gasteiger partial charge in [-0.05, 0) is 66.5 Å². The van der Waals surface area contributed by atoms with Gasteiger partial charge in [0.1, 0.15) is 0 Å². The summed E-state index contributed by atoms with van der Waals surface area (Å²) in [5.41, 5.74) is 4.18. The van der Waals surface area contributed by atoms with Gasteiger partial charge in [0.15, 0.2) is 0 Å². The molecule has 23 heavy (non-hydrogen) atoms. The number of sulfonamides is 1. The van der Waals surface area contributed by atoms with Gasteiger partial charge < -0.3 is 0 Å².